The molecule has 8 heteroatoms. The zero-order chi connectivity index (χ0) is 18.6. The first-order valence-electron chi connectivity index (χ1n) is 8.84. The lowest BCUT2D eigenvalue weighted by molar-refractivity contribution is 0.269. The molecule has 7 nitrogen and oxygen atoms in total. The van der Waals surface area contributed by atoms with Crippen molar-refractivity contribution >= 4 is 34.1 Å². The molecule has 0 aliphatic carbocycles. The number of ether oxygens (including phenoxy) is 1. The van der Waals surface area contributed by atoms with E-state index in [2.05, 4.69) is 48.0 Å². The third kappa shape index (κ3) is 4.17. The molecule has 0 spiro atoms. The second kappa shape index (κ2) is 7.89. The van der Waals surface area contributed by atoms with Crippen LogP contribution in [0.2, 0.25) is 0 Å². The quantitative estimate of drug-likeness (QED) is 0.707. The van der Waals surface area contributed by atoms with Crippen molar-refractivity contribution < 1.29 is 4.74 Å². The summed E-state index contributed by atoms with van der Waals surface area (Å²) in [4.78, 5) is 17.4. The summed E-state index contributed by atoms with van der Waals surface area (Å²) in [7, 11) is 1.66. The molecular formula is C19H22N6OS. The monoisotopic (exact) mass is 382 g/mol. The SMILES string of the molecule is COc1ccc2nc(NC3=NCN(CCc4cccs4)CN3)nc(C)c2c1. The van der Waals surface area contributed by atoms with Gasteiger partial charge in [0.25, 0.3) is 0 Å². The fourth-order valence-corrected chi connectivity index (χ4v) is 3.67. The Kier molecular flexibility index (Phi) is 5.17. The molecule has 1 aromatic carbocycles. The molecule has 0 amide bonds. The van der Waals surface area contributed by atoms with Gasteiger partial charge in [-0.1, -0.05) is 6.07 Å². The number of hydrogen-bond acceptors (Lipinski definition) is 8. The number of methoxy groups -OCH3 is 1. The van der Waals surface area contributed by atoms with Gasteiger partial charge < -0.3 is 10.1 Å². The van der Waals surface area contributed by atoms with Crippen LogP contribution >= 0.6 is 11.3 Å². The number of hydrogen-bond donors (Lipinski definition) is 2. The van der Waals surface area contributed by atoms with Crippen molar-refractivity contribution in [1.29, 1.82) is 0 Å². The van der Waals surface area contributed by atoms with Crippen molar-refractivity contribution in [2.75, 3.05) is 32.3 Å². The predicted molar refractivity (Wildman–Crippen MR) is 109 cm³/mol. The largest absolute Gasteiger partial charge is 0.497 e. The van der Waals surface area contributed by atoms with Crippen LogP contribution in [0.25, 0.3) is 10.9 Å². The minimum Gasteiger partial charge on any atom is -0.497 e. The van der Waals surface area contributed by atoms with Gasteiger partial charge in [0, 0.05) is 16.8 Å². The molecule has 2 N–H and O–H groups in total. The number of nitrogens with zero attached hydrogens (tertiary/aromatic N) is 4. The van der Waals surface area contributed by atoms with Crippen LogP contribution in [0, 0.1) is 6.92 Å². The summed E-state index contributed by atoms with van der Waals surface area (Å²) in [6.07, 6.45) is 1.05. The van der Waals surface area contributed by atoms with Gasteiger partial charge in [-0.2, -0.15) is 0 Å². The highest BCUT2D eigenvalue weighted by Gasteiger charge is 2.14. The lowest BCUT2D eigenvalue weighted by Crippen LogP contribution is -2.46. The van der Waals surface area contributed by atoms with Gasteiger partial charge in [-0.25, -0.2) is 15.0 Å². The fraction of sp³-hybridized carbons (Fsp3) is 0.316. The molecule has 2 aromatic heterocycles. The summed E-state index contributed by atoms with van der Waals surface area (Å²) < 4.78 is 5.28. The molecule has 0 unspecified atom stereocenters. The third-order valence-corrected chi connectivity index (χ3v) is 5.41. The average molecular weight is 382 g/mol. The number of guanidine groups is 1. The smallest absolute Gasteiger partial charge is 0.230 e. The first-order valence-corrected chi connectivity index (χ1v) is 9.72. The van der Waals surface area contributed by atoms with E-state index in [0.717, 1.165) is 42.0 Å². The average Bonchev–Trinajstić information content (AvgIpc) is 3.21. The molecule has 0 fully saturated rings. The van der Waals surface area contributed by atoms with E-state index < -0.39 is 0 Å². The highest BCUT2D eigenvalue weighted by atomic mass is 32.1. The van der Waals surface area contributed by atoms with Gasteiger partial charge in [-0.15, -0.1) is 11.3 Å². The maximum atomic E-state index is 5.28. The van der Waals surface area contributed by atoms with Crippen molar-refractivity contribution in [3.8, 4) is 5.75 Å². The summed E-state index contributed by atoms with van der Waals surface area (Å²) in [5.74, 6) is 2.05. The summed E-state index contributed by atoms with van der Waals surface area (Å²) in [6.45, 7) is 4.36. The highest BCUT2D eigenvalue weighted by Crippen LogP contribution is 2.22. The number of benzene rings is 1. The number of aryl methyl sites for hydroxylation is 1. The zero-order valence-corrected chi connectivity index (χ0v) is 16.2. The van der Waals surface area contributed by atoms with E-state index in [4.69, 9.17) is 4.74 Å². The first-order chi connectivity index (χ1) is 13.2. The Morgan fingerprint density at radius 2 is 2.22 bits per heavy atom. The summed E-state index contributed by atoms with van der Waals surface area (Å²) in [5.41, 5.74) is 1.77. The van der Waals surface area contributed by atoms with E-state index >= 15 is 0 Å². The van der Waals surface area contributed by atoms with Gasteiger partial charge in [-0.05, 0) is 43.0 Å². The number of aromatic nitrogens is 2. The molecule has 0 saturated carbocycles. The first kappa shape index (κ1) is 17.7. The number of thiophene rings is 1. The zero-order valence-electron chi connectivity index (χ0n) is 15.4. The van der Waals surface area contributed by atoms with E-state index in [1.807, 2.05) is 25.1 Å². The number of anilines is 1. The molecule has 3 heterocycles. The molecule has 3 aromatic rings. The Hall–Kier alpha value is -2.71. The third-order valence-electron chi connectivity index (χ3n) is 4.48. The summed E-state index contributed by atoms with van der Waals surface area (Å²) >= 11 is 1.80. The Labute approximate surface area is 162 Å². The van der Waals surface area contributed by atoms with E-state index in [-0.39, 0.29) is 0 Å². The van der Waals surface area contributed by atoms with Crippen molar-refractivity contribution in [3.05, 3.63) is 46.3 Å². The molecule has 140 valence electrons. The normalized spacial score (nSPS) is 14.7. The number of rotatable bonds is 5. The number of aliphatic imine (C=N–C) groups is 1. The van der Waals surface area contributed by atoms with Gasteiger partial charge in [0.1, 0.15) is 5.75 Å². The van der Waals surface area contributed by atoms with Gasteiger partial charge >= 0.3 is 0 Å². The van der Waals surface area contributed by atoms with Crippen molar-refractivity contribution in [2.45, 2.75) is 13.3 Å². The summed E-state index contributed by atoms with van der Waals surface area (Å²) in [5, 5.41) is 9.60. The van der Waals surface area contributed by atoms with E-state index in [0.29, 0.717) is 18.6 Å². The maximum Gasteiger partial charge on any atom is 0.230 e. The molecule has 0 radical (unpaired) electrons. The predicted octanol–water partition coefficient (Wildman–Crippen LogP) is 2.84. The molecule has 0 atom stereocenters. The van der Waals surface area contributed by atoms with Crippen LogP contribution in [0.5, 0.6) is 5.75 Å². The molecule has 0 bridgehead atoms. The minimum absolute atomic E-state index is 0.545. The van der Waals surface area contributed by atoms with Gasteiger partial charge in [0.05, 0.1) is 31.7 Å². The second-order valence-electron chi connectivity index (χ2n) is 6.35. The molecule has 1 aliphatic rings. The van der Waals surface area contributed by atoms with Gasteiger partial charge in [-0.3, -0.25) is 10.2 Å². The van der Waals surface area contributed by atoms with Crippen LogP contribution in [-0.4, -0.2) is 47.8 Å². The topological polar surface area (TPSA) is 74.7 Å². The van der Waals surface area contributed by atoms with Crippen LogP contribution in [-0.2, 0) is 6.42 Å². The molecular weight excluding hydrogens is 360 g/mol. The van der Waals surface area contributed by atoms with Crippen LogP contribution in [0.15, 0.2) is 40.7 Å². The Morgan fingerprint density at radius 1 is 1.30 bits per heavy atom. The maximum absolute atomic E-state index is 5.28. The van der Waals surface area contributed by atoms with Crippen LogP contribution < -0.4 is 15.4 Å². The van der Waals surface area contributed by atoms with Gasteiger partial charge in [0.15, 0.2) is 0 Å². The van der Waals surface area contributed by atoms with Crippen molar-refractivity contribution in [1.82, 2.24) is 20.2 Å². The minimum atomic E-state index is 0.545. The van der Waals surface area contributed by atoms with Crippen LogP contribution in [0.1, 0.15) is 10.6 Å². The fourth-order valence-electron chi connectivity index (χ4n) is 2.97. The van der Waals surface area contributed by atoms with E-state index in [1.165, 1.54) is 4.88 Å². The van der Waals surface area contributed by atoms with Crippen molar-refractivity contribution in [2.24, 2.45) is 4.99 Å². The molecule has 0 saturated heterocycles. The molecule has 1 aliphatic heterocycles. The Bertz CT molecular complexity index is 956. The highest BCUT2D eigenvalue weighted by molar-refractivity contribution is 7.09. The molecule has 4 rings (SSSR count). The van der Waals surface area contributed by atoms with Gasteiger partial charge in [0.2, 0.25) is 11.9 Å². The standard InChI is InChI=1S/C19H22N6OS/c1-13-16-10-14(26-2)5-6-17(16)23-19(22-13)24-18-20-11-25(12-21-18)8-7-15-4-3-9-27-15/h3-6,9-10H,7-8,11-12H2,1-2H3,(H2,20,21,22,23,24). The van der Waals surface area contributed by atoms with Crippen molar-refractivity contribution in [3.63, 3.8) is 0 Å². The Morgan fingerprint density at radius 3 is 2.96 bits per heavy atom. The molecule has 27 heavy (non-hydrogen) atoms. The van der Waals surface area contributed by atoms with E-state index in [1.54, 1.807) is 18.4 Å². The second-order valence-corrected chi connectivity index (χ2v) is 7.38. The van der Waals surface area contributed by atoms with Crippen LogP contribution in [0.3, 0.4) is 0 Å². The summed E-state index contributed by atoms with van der Waals surface area (Å²) in [6, 6.07) is 10.1. The number of fused-ring (bicyclic) bond motifs is 1. The lowest BCUT2D eigenvalue weighted by Gasteiger charge is -2.26. The van der Waals surface area contributed by atoms with E-state index in [9.17, 15) is 0 Å². The number of nitrogens with one attached hydrogen (secondary N) is 2. The van der Waals surface area contributed by atoms with Crippen LogP contribution in [0.4, 0.5) is 5.95 Å². The Balaban J connectivity index is 1.40. The lowest BCUT2D eigenvalue weighted by atomic mass is 10.2.